The van der Waals surface area contributed by atoms with Gasteiger partial charge in [0, 0.05) is 23.5 Å². The van der Waals surface area contributed by atoms with Crippen molar-refractivity contribution in [2.24, 2.45) is 5.92 Å². The Morgan fingerprint density at radius 1 is 1.27 bits per heavy atom. The number of rotatable bonds is 4. The predicted octanol–water partition coefficient (Wildman–Crippen LogP) is 3.37. The summed E-state index contributed by atoms with van der Waals surface area (Å²) in [5, 5.41) is 3.91. The number of carbonyl (C=O) groups excluding carboxylic acids is 1. The molecule has 0 spiro atoms. The number of carbonyl (C=O) groups is 1. The second-order valence-electron chi connectivity index (χ2n) is 8.70. The highest BCUT2D eigenvalue weighted by Gasteiger charge is 2.28. The van der Waals surface area contributed by atoms with Gasteiger partial charge in [-0.05, 0) is 47.4 Å². The number of nitrogens with two attached hydrogens (primary N) is 1. The van der Waals surface area contributed by atoms with Crippen LogP contribution in [0.5, 0.6) is 0 Å². The molecule has 5 nitrogen and oxygen atoms in total. The molecule has 4 rings (SSSR count). The normalized spacial score (nSPS) is 18.0. The van der Waals surface area contributed by atoms with Gasteiger partial charge in [-0.2, -0.15) is 0 Å². The van der Waals surface area contributed by atoms with Gasteiger partial charge < -0.3 is 15.8 Å². The number of nitrogen functional groups attached to an aromatic ring is 1. The lowest BCUT2D eigenvalue weighted by atomic mass is 9.83. The van der Waals surface area contributed by atoms with Crippen LogP contribution < -0.4 is 11.1 Å². The fourth-order valence-corrected chi connectivity index (χ4v) is 3.45. The Morgan fingerprint density at radius 2 is 2.00 bits per heavy atom. The standard InChI is InChI=1S/C21H27N3O2/c1-21(2,3)16-7-14(13-4-5-13)6-15-17(22)8-18(24-19(15)16)20(25)23-9-12-10-26-11-12/h6-8,12-13H,4-5,9-11H2,1-3H3,(H2,22,24)(H,23,25). The van der Waals surface area contributed by atoms with Crippen molar-refractivity contribution in [2.75, 3.05) is 25.5 Å². The molecule has 138 valence electrons. The number of nitrogens with zero attached hydrogens (tertiary/aromatic N) is 1. The molecule has 2 heterocycles. The summed E-state index contributed by atoms with van der Waals surface area (Å²) in [6.07, 6.45) is 2.49. The number of hydrogen-bond donors (Lipinski definition) is 2. The number of aromatic nitrogens is 1. The number of anilines is 1. The Hall–Kier alpha value is -2.14. The molecular weight excluding hydrogens is 326 g/mol. The van der Waals surface area contributed by atoms with Gasteiger partial charge >= 0.3 is 0 Å². The molecule has 0 bridgehead atoms. The van der Waals surface area contributed by atoms with E-state index >= 15 is 0 Å². The van der Waals surface area contributed by atoms with Crippen LogP contribution in [-0.4, -0.2) is 30.6 Å². The van der Waals surface area contributed by atoms with E-state index in [0.717, 1.165) is 16.5 Å². The van der Waals surface area contributed by atoms with E-state index in [1.807, 2.05) is 0 Å². The maximum absolute atomic E-state index is 12.6. The second kappa shape index (κ2) is 6.23. The predicted molar refractivity (Wildman–Crippen MR) is 103 cm³/mol. The van der Waals surface area contributed by atoms with Crippen LogP contribution in [0.4, 0.5) is 5.69 Å². The number of fused-ring (bicyclic) bond motifs is 1. The van der Waals surface area contributed by atoms with E-state index in [1.165, 1.54) is 18.4 Å². The van der Waals surface area contributed by atoms with E-state index in [0.29, 0.717) is 43.0 Å². The fourth-order valence-electron chi connectivity index (χ4n) is 3.45. The average Bonchev–Trinajstić information content (AvgIpc) is 3.36. The zero-order chi connectivity index (χ0) is 18.5. The highest BCUT2D eigenvalue weighted by atomic mass is 16.5. The smallest absolute Gasteiger partial charge is 0.269 e. The molecule has 1 aromatic carbocycles. The van der Waals surface area contributed by atoms with Gasteiger partial charge in [-0.1, -0.05) is 26.8 Å². The minimum absolute atomic E-state index is 0.0685. The fraction of sp³-hybridized carbons (Fsp3) is 0.524. The summed E-state index contributed by atoms with van der Waals surface area (Å²) < 4.78 is 5.15. The summed E-state index contributed by atoms with van der Waals surface area (Å²) in [7, 11) is 0. The van der Waals surface area contributed by atoms with E-state index in [-0.39, 0.29) is 11.3 Å². The SMILES string of the molecule is CC(C)(C)c1cc(C2CC2)cc2c(N)cc(C(=O)NCC3COC3)nc12. The van der Waals surface area contributed by atoms with E-state index < -0.39 is 0 Å². The Bertz CT molecular complexity index is 862. The van der Waals surface area contributed by atoms with Gasteiger partial charge in [0.1, 0.15) is 5.69 Å². The molecule has 3 N–H and O–H groups in total. The summed E-state index contributed by atoms with van der Waals surface area (Å²) in [5.74, 6) is 0.882. The Morgan fingerprint density at radius 3 is 2.58 bits per heavy atom. The minimum atomic E-state index is -0.170. The largest absolute Gasteiger partial charge is 0.398 e. The van der Waals surface area contributed by atoms with Crippen molar-refractivity contribution in [1.82, 2.24) is 10.3 Å². The third kappa shape index (κ3) is 3.28. The molecule has 1 aliphatic heterocycles. The highest BCUT2D eigenvalue weighted by Crippen LogP contribution is 2.43. The molecule has 0 atom stereocenters. The first-order chi connectivity index (χ1) is 12.3. The number of benzene rings is 1. The van der Waals surface area contributed by atoms with Crippen molar-refractivity contribution in [1.29, 1.82) is 0 Å². The molecule has 2 aliphatic rings. The van der Waals surface area contributed by atoms with Crippen molar-refractivity contribution in [3.05, 3.63) is 35.0 Å². The van der Waals surface area contributed by atoms with Crippen LogP contribution in [0.15, 0.2) is 18.2 Å². The molecule has 2 fully saturated rings. The van der Waals surface area contributed by atoms with Crippen molar-refractivity contribution in [2.45, 2.75) is 44.9 Å². The van der Waals surface area contributed by atoms with Crippen molar-refractivity contribution in [3.63, 3.8) is 0 Å². The molecule has 1 saturated carbocycles. The van der Waals surface area contributed by atoms with Crippen LogP contribution in [0.3, 0.4) is 0 Å². The summed E-state index contributed by atoms with van der Waals surface area (Å²) in [4.78, 5) is 17.3. The average molecular weight is 353 g/mol. The Labute approximate surface area is 154 Å². The van der Waals surface area contributed by atoms with Crippen molar-refractivity contribution >= 4 is 22.5 Å². The molecule has 1 aromatic heterocycles. The monoisotopic (exact) mass is 353 g/mol. The lowest BCUT2D eigenvalue weighted by Gasteiger charge is -2.26. The molecular formula is C21H27N3O2. The van der Waals surface area contributed by atoms with E-state index in [2.05, 4.69) is 38.2 Å². The maximum Gasteiger partial charge on any atom is 0.269 e. The van der Waals surface area contributed by atoms with Gasteiger partial charge in [0.05, 0.1) is 18.7 Å². The van der Waals surface area contributed by atoms with Crippen LogP contribution in [0.25, 0.3) is 10.9 Å². The van der Waals surface area contributed by atoms with Crippen LogP contribution in [0.1, 0.15) is 61.1 Å². The molecule has 1 saturated heterocycles. The molecule has 0 unspecified atom stereocenters. The van der Waals surface area contributed by atoms with Crippen LogP contribution in [-0.2, 0) is 10.2 Å². The van der Waals surface area contributed by atoms with Gasteiger partial charge in [0.25, 0.3) is 5.91 Å². The third-order valence-corrected chi connectivity index (χ3v) is 5.32. The van der Waals surface area contributed by atoms with Gasteiger partial charge in [-0.3, -0.25) is 4.79 Å². The lowest BCUT2D eigenvalue weighted by molar-refractivity contribution is -0.0299. The highest BCUT2D eigenvalue weighted by molar-refractivity contribution is 6.00. The number of amides is 1. The molecule has 26 heavy (non-hydrogen) atoms. The molecule has 5 heteroatoms. The van der Waals surface area contributed by atoms with Gasteiger partial charge in [-0.25, -0.2) is 4.98 Å². The Kier molecular flexibility index (Phi) is 4.14. The number of ether oxygens (including phenoxy) is 1. The second-order valence-corrected chi connectivity index (χ2v) is 8.70. The van der Waals surface area contributed by atoms with E-state index in [4.69, 9.17) is 15.5 Å². The minimum Gasteiger partial charge on any atom is -0.398 e. The zero-order valence-electron chi connectivity index (χ0n) is 15.8. The third-order valence-electron chi connectivity index (χ3n) is 5.32. The van der Waals surface area contributed by atoms with Gasteiger partial charge in [0.15, 0.2) is 0 Å². The van der Waals surface area contributed by atoms with E-state index in [9.17, 15) is 4.79 Å². The number of nitrogens with one attached hydrogen (secondary N) is 1. The number of hydrogen-bond acceptors (Lipinski definition) is 4. The Balaban J connectivity index is 1.74. The molecule has 1 amide bonds. The maximum atomic E-state index is 12.6. The lowest BCUT2D eigenvalue weighted by Crippen LogP contribution is -2.39. The molecule has 0 radical (unpaired) electrons. The first-order valence-corrected chi connectivity index (χ1v) is 9.43. The zero-order valence-corrected chi connectivity index (χ0v) is 15.8. The summed E-state index contributed by atoms with van der Waals surface area (Å²) in [6.45, 7) is 8.58. The summed E-state index contributed by atoms with van der Waals surface area (Å²) in [5.41, 5.74) is 10.6. The molecule has 1 aliphatic carbocycles. The van der Waals surface area contributed by atoms with Crippen molar-refractivity contribution in [3.8, 4) is 0 Å². The van der Waals surface area contributed by atoms with E-state index in [1.54, 1.807) is 6.07 Å². The summed E-state index contributed by atoms with van der Waals surface area (Å²) >= 11 is 0. The van der Waals surface area contributed by atoms with Crippen LogP contribution >= 0.6 is 0 Å². The summed E-state index contributed by atoms with van der Waals surface area (Å²) in [6, 6.07) is 6.13. The first-order valence-electron chi connectivity index (χ1n) is 9.43. The van der Waals surface area contributed by atoms with Crippen LogP contribution in [0, 0.1) is 5.92 Å². The van der Waals surface area contributed by atoms with Crippen molar-refractivity contribution < 1.29 is 9.53 Å². The van der Waals surface area contributed by atoms with Crippen LogP contribution in [0.2, 0.25) is 0 Å². The van der Waals surface area contributed by atoms with Gasteiger partial charge in [0.2, 0.25) is 0 Å². The molecule has 2 aromatic rings. The topological polar surface area (TPSA) is 77.2 Å². The first kappa shape index (κ1) is 17.3. The quantitative estimate of drug-likeness (QED) is 0.883. The number of pyridine rings is 1. The van der Waals surface area contributed by atoms with Gasteiger partial charge in [-0.15, -0.1) is 0 Å².